The van der Waals surface area contributed by atoms with Crippen LogP contribution in [0.1, 0.15) is 30.8 Å². The van der Waals surface area contributed by atoms with Gasteiger partial charge >= 0.3 is 5.69 Å². The van der Waals surface area contributed by atoms with Crippen molar-refractivity contribution in [1.29, 1.82) is 0 Å². The van der Waals surface area contributed by atoms with Gasteiger partial charge in [0.05, 0.1) is 12.2 Å². The quantitative estimate of drug-likeness (QED) is 0.459. The number of benzene rings is 1. The van der Waals surface area contributed by atoms with Gasteiger partial charge in [-0.3, -0.25) is 18.7 Å². The molecular weight excluding hydrogens is 410 g/mol. The topological polar surface area (TPSA) is 123 Å². The SMILES string of the molecule is CCc1cc(CC)n(-c2nc3c(c(=O)n(CC(N)=O)c(=O)n3C)n2Cc2ccccc2)n1. The molecule has 4 rings (SSSR count). The average molecular weight is 435 g/mol. The Balaban J connectivity index is 2.09. The van der Waals surface area contributed by atoms with E-state index < -0.39 is 23.7 Å². The smallest absolute Gasteiger partial charge is 0.332 e. The Labute approximate surface area is 183 Å². The van der Waals surface area contributed by atoms with Gasteiger partial charge in [0.2, 0.25) is 11.9 Å². The lowest BCUT2D eigenvalue weighted by atomic mass is 10.2. The van der Waals surface area contributed by atoms with Gasteiger partial charge in [0, 0.05) is 12.7 Å². The van der Waals surface area contributed by atoms with Gasteiger partial charge in [-0.15, -0.1) is 0 Å². The summed E-state index contributed by atoms with van der Waals surface area (Å²) in [5, 5.41) is 4.68. The molecule has 1 aromatic carbocycles. The first kappa shape index (κ1) is 21.3. The summed E-state index contributed by atoms with van der Waals surface area (Å²) in [5.41, 5.74) is 7.25. The molecule has 0 bridgehead atoms. The van der Waals surface area contributed by atoms with Crippen molar-refractivity contribution in [2.24, 2.45) is 12.8 Å². The number of fused-ring (bicyclic) bond motifs is 1. The number of hydrogen-bond acceptors (Lipinski definition) is 5. The molecule has 0 atom stereocenters. The van der Waals surface area contributed by atoms with E-state index in [1.165, 1.54) is 11.6 Å². The molecule has 0 fully saturated rings. The van der Waals surface area contributed by atoms with Gasteiger partial charge in [0.15, 0.2) is 11.2 Å². The molecule has 2 N–H and O–H groups in total. The Morgan fingerprint density at radius 2 is 1.78 bits per heavy atom. The highest BCUT2D eigenvalue weighted by Crippen LogP contribution is 2.20. The number of aromatic nitrogens is 6. The molecule has 0 aliphatic heterocycles. The number of rotatable bonds is 7. The van der Waals surface area contributed by atoms with Gasteiger partial charge in [-0.05, 0) is 24.5 Å². The maximum absolute atomic E-state index is 13.4. The fourth-order valence-electron chi connectivity index (χ4n) is 3.81. The van der Waals surface area contributed by atoms with Gasteiger partial charge in [-0.25, -0.2) is 14.0 Å². The molecule has 0 radical (unpaired) electrons. The lowest BCUT2D eigenvalue weighted by molar-refractivity contribution is -0.118. The number of carbonyl (C=O) groups excluding carboxylic acids is 1. The maximum Gasteiger partial charge on any atom is 0.332 e. The van der Waals surface area contributed by atoms with E-state index in [1.54, 1.807) is 9.25 Å². The van der Waals surface area contributed by atoms with E-state index in [-0.39, 0.29) is 11.2 Å². The van der Waals surface area contributed by atoms with Crippen molar-refractivity contribution in [2.45, 2.75) is 39.8 Å². The van der Waals surface area contributed by atoms with Crippen molar-refractivity contribution in [3.63, 3.8) is 0 Å². The zero-order valence-electron chi connectivity index (χ0n) is 18.3. The predicted molar refractivity (Wildman–Crippen MR) is 120 cm³/mol. The minimum atomic E-state index is -0.772. The molecular formula is C22H25N7O3. The second kappa shape index (κ2) is 8.29. The van der Waals surface area contributed by atoms with Crippen LogP contribution >= 0.6 is 0 Å². The molecule has 0 aliphatic carbocycles. The molecule has 4 aromatic rings. The molecule has 1 amide bonds. The monoisotopic (exact) mass is 435 g/mol. The van der Waals surface area contributed by atoms with E-state index in [1.807, 2.05) is 50.2 Å². The van der Waals surface area contributed by atoms with Crippen molar-refractivity contribution in [1.82, 2.24) is 28.5 Å². The minimum Gasteiger partial charge on any atom is -0.368 e. The summed E-state index contributed by atoms with van der Waals surface area (Å²) < 4.78 is 5.58. The Kier molecular flexibility index (Phi) is 5.52. The summed E-state index contributed by atoms with van der Waals surface area (Å²) in [7, 11) is 1.52. The lowest BCUT2D eigenvalue weighted by Crippen LogP contribution is -2.42. The normalized spacial score (nSPS) is 11.3. The molecule has 0 unspecified atom stereocenters. The second-order valence-electron chi connectivity index (χ2n) is 7.60. The maximum atomic E-state index is 13.4. The Bertz CT molecular complexity index is 1420. The third-order valence-corrected chi connectivity index (χ3v) is 5.46. The molecule has 0 aliphatic rings. The van der Waals surface area contributed by atoms with Gasteiger partial charge in [0.1, 0.15) is 6.54 Å². The highest BCUT2D eigenvalue weighted by Gasteiger charge is 2.23. The zero-order valence-corrected chi connectivity index (χ0v) is 18.3. The van der Waals surface area contributed by atoms with Crippen LogP contribution in [0.25, 0.3) is 17.1 Å². The van der Waals surface area contributed by atoms with Crippen molar-refractivity contribution < 1.29 is 4.79 Å². The predicted octanol–water partition coefficient (Wildman–Crippen LogP) is 0.741. The molecule has 0 spiro atoms. The van der Waals surface area contributed by atoms with E-state index >= 15 is 0 Å². The van der Waals surface area contributed by atoms with Crippen LogP contribution in [0.15, 0.2) is 46.0 Å². The first-order valence-corrected chi connectivity index (χ1v) is 10.5. The third kappa shape index (κ3) is 3.53. The number of aryl methyl sites for hydroxylation is 3. The summed E-state index contributed by atoms with van der Waals surface area (Å²) in [6, 6.07) is 11.6. The van der Waals surface area contributed by atoms with Crippen LogP contribution < -0.4 is 17.0 Å². The minimum absolute atomic E-state index is 0.211. The number of imidazole rings is 1. The summed E-state index contributed by atoms with van der Waals surface area (Å²) in [4.78, 5) is 42.3. The Morgan fingerprint density at radius 1 is 1.06 bits per heavy atom. The fourth-order valence-corrected chi connectivity index (χ4v) is 3.81. The van der Waals surface area contributed by atoms with Gasteiger partial charge in [-0.1, -0.05) is 44.2 Å². The van der Waals surface area contributed by atoms with Crippen LogP contribution in [0.4, 0.5) is 0 Å². The Hall–Kier alpha value is -3.95. The number of carbonyl (C=O) groups is 1. The first-order chi connectivity index (χ1) is 15.3. The molecule has 0 saturated heterocycles. The van der Waals surface area contributed by atoms with E-state index in [0.29, 0.717) is 18.9 Å². The van der Waals surface area contributed by atoms with E-state index in [0.717, 1.165) is 27.9 Å². The van der Waals surface area contributed by atoms with Crippen molar-refractivity contribution in [3.8, 4) is 5.95 Å². The molecule has 166 valence electrons. The highest BCUT2D eigenvalue weighted by molar-refractivity contribution is 5.75. The van der Waals surface area contributed by atoms with Crippen LogP contribution in [0.5, 0.6) is 0 Å². The van der Waals surface area contributed by atoms with E-state index in [9.17, 15) is 14.4 Å². The summed E-state index contributed by atoms with van der Waals surface area (Å²) in [6.45, 7) is 3.87. The van der Waals surface area contributed by atoms with Gasteiger partial charge in [0.25, 0.3) is 5.56 Å². The van der Waals surface area contributed by atoms with Crippen LogP contribution in [-0.4, -0.2) is 34.4 Å². The fraction of sp³-hybridized carbons (Fsp3) is 0.318. The molecule has 3 aromatic heterocycles. The van der Waals surface area contributed by atoms with Crippen LogP contribution in [-0.2, 0) is 37.8 Å². The third-order valence-electron chi connectivity index (χ3n) is 5.46. The van der Waals surface area contributed by atoms with Crippen LogP contribution in [0.3, 0.4) is 0 Å². The number of nitrogens with zero attached hydrogens (tertiary/aromatic N) is 6. The summed E-state index contributed by atoms with van der Waals surface area (Å²) >= 11 is 0. The average Bonchev–Trinajstić information content (AvgIpc) is 3.37. The molecule has 32 heavy (non-hydrogen) atoms. The van der Waals surface area contributed by atoms with Crippen molar-refractivity contribution in [2.75, 3.05) is 0 Å². The van der Waals surface area contributed by atoms with E-state index in [4.69, 9.17) is 5.73 Å². The van der Waals surface area contributed by atoms with Gasteiger partial charge < -0.3 is 5.73 Å². The van der Waals surface area contributed by atoms with Crippen molar-refractivity contribution >= 4 is 17.1 Å². The van der Waals surface area contributed by atoms with Crippen LogP contribution in [0, 0.1) is 0 Å². The van der Waals surface area contributed by atoms with Crippen molar-refractivity contribution in [3.05, 3.63) is 74.2 Å². The molecule has 10 nitrogen and oxygen atoms in total. The summed E-state index contributed by atoms with van der Waals surface area (Å²) in [6.07, 6.45) is 1.47. The van der Waals surface area contributed by atoms with E-state index in [2.05, 4.69) is 10.1 Å². The molecule has 0 saturated carbocycles. The van der Waals surface area contributed by atoms with Gasteiger partial charge in [-0.2, -0.15) is 10.1 Å². The summed E-state index contributed by atoms with van der Waals surface area (Å²) in [5.74, 6) is -0.338. The van der Waals surface area contributed by atoms with Crippen LogP contribution in [0.2, 0.25) is 0 Å². The largest absolute Gasteiger partial charge is 0.368 e. The molecule has 3 heterocycles. The number of primary amides is 1. The second-order valence-corrected chi connectivity index (χ2v) is 7.60. The highest BCUT2D eigenvalue weighted by atomic mass is 16.2. The Morgan fingerprint density at radius 3 is 2.41 bits per heavy atom. The number of amides is 1. The number of hydrogen-bond donors (Lipinski definition) is 1. The zero-order chi connectivity index (χ0) is 23.0. The number of nitrogens with two attached hydrogens (primary N) is 1. The standard InChI is InChI=1S/C22H25N7O3/c1-4-15-11-16(5-2)29(25-15)21-24-19-18(27(21)12-14-9-7-6-8-10-14)20(31)28(13-17(23)30)22(32)26(19)3/h6-11H,4-5,12-13H2,1-3H3,(H2,23,30). The first-order valence-electron chi connectivity index (χ1n) is 10.5. The molecule has 10 heteroatoms. The lowest BCUT2D eigenvalue weighted by Gasteiger charge is -2.11.